The van der Waals surface area contributed by atoms with E-state index in [0.717, 1.165) is 22.5 Å². The smallest absolute Gasteiger partial charge is 0.337 e. The van der Waals surface area contributed by atoms with Crippen molar-refractivity contribution in [1.29, 1.82) is 0 Å². The van der Waals surface area contributed by atoms with Crippen molar-refractivity contribution < 1.29 is 26.1 Å². The van der Waals surface area contributed by atoms with Gasteiger partial charge < -0.3 is 4.52 Å². The fourth-order valence-corrected chi connectivity index (χ4v) is 5.25. The SMILES string of the molecule is O=S(=O)(c1cccc(C(F)(F)F)c1)N1CCCC1c1nc(-c2cccc(Cl)c2)no1. The molecule has 0 N–H and O–H groups in total. The van der Waals surface area contributed by atoms with E-state index in [9.17, 15) is 21.6 Å². The number of aromatic nitrogens is 2. The molecule has 0 spiro atoms. The molecule has 3 aromatic rings. The average molecular weight is 458 g/mol. The molecule has 1 aliphatic heterocycles. The zero-order valence-electron chi connectivity index (χ0n) is 15.3. The quantitative estimate of drug-likeness (QED) is 0.555. The molecule has 2 aromatic carbocycles. The third-order valence-electron chi connectivity index (χ3n) is 4.78. The zero-order chi connectivity index (χ0) is 21.5. The van der Waals surface area contributed by atoms with Crippen LogP contribution in [0.1, 0.15) is 30.3 Å². The Hall–Kier alpha value is -2.43. The molecule has 0 amide bonds. The molecule has 1 unspecified atom stereocenters. The molecule has 1 saturated heterocycles. The van der Waals surface area contributed by atoms with Gasteiger partial charge in [-0.3, -0.25) is 0 Å². The lowest BCUT2D eigenvalue weighted by atomic mass is 10.2. The molecule has 4 rings (SSSR count). The molecule has 1 aliphatic rings. The summed E-state index contributed by atoms with van der Waals surface area (Å²) in [5.41, 5.74) is -0.428. The van der Waals surface area contributed by atoms with Gasteiger partial charge in [-0.05, 0) is 43.2 Å². The first-order valence-electron chi connectivity index (χ1n) is 8.95. The molecule has 1 atom stereocenters. The predicted octanol–water partition coefficient (Wildman–Crippen LogP) is 4.93. The second kappa shape index (κ2) is 7.68. The van der Waals surface area contributed by atoms with Gasteiger partial charge in [0, 0.05) is 17.1 Å². The van der Waals surface area contributed by atoms with Gasteiger partial charge >= 0.3 is 6.18 Å². The van der Waals surface area contributed by atoms with E-state index in [1.54, 1.807) is 24.3 Å². The second-order valence-electron chi connectivity index (χ2n) is 6.77. The van der Waals surface area contributed by atoms with Gasteiger partial charge in [-0.2, -0.15) is 22.5 Å². The monoisotopic (exact) mass is 457 g/mol. The van der Waals surface area contributed by atoms with Crippen molar-refractivity contribution in [2.45, 2.75) is 30.0 Å². The predicted molar refractivity (Wildman–Crippen MR) is 102 cm³/mol. The third-order valence-corrected chi connectivity index (χ3v) is 6.92. The van der Waals surface area contributed by atoms with E-state index in [-0.39, 0.29) is 18.3 Å². The average Bonchev–Trinajstić information content (AvgIpc) is 3.37. The van der Waals surface area contributed by atoms with Crippen LogP contribution < -0.4 is 0 Å². The van der Waals surface area contributed by atoms with E-state index in [2.05, 4.69) is 10.1 Å². The summed E-state index contributed by atoms with van der Waals surface area (Å²) in [4.78, 5) is 3.86. The Morgan fingerprint density at radius 3 is 2.63 bits per heavy atom. The summed E-state index contributed by atoms with van der Waals surface area (Å²) in [6.07, 6.45) is -3.72. The molecule has 11 heteroatoms. The molecule has 158 valence electrons. The molecule has 1 fully saturated rings. The summed E-state index contributed by atoms with van der Waals surface area (Å²) in [5.74, 6) is 0.328. The van der Waals surface area contributed by atoms with Crippen molar-refractivity contribution in [1.82, 2.24) is 14.4 Å². The van der Waals surface area contributed by atoms with Gasteiger partial charge in [0.25, 0.3) is 0 Å². The van der Waals surface area contributed by atoms with Crippen LogP contribution >= 0.6 is 11.6 Å². The van der Waals surface area contributed by atoms with Gasteiger partial charge in [-0.1, -0.05) is 35.0 Å². The van der Waals surface area contributed by atoms with Crippen LogP contribution in [0, 0.1) is 0 Å². The van der Waals surface area contributed by atoms with Crippen LogP contribution in [0.4, 0.5) is 13.2 Å². The first-order valence-corrected chi connectivity index (χ1v) is 10.8. The number of hydrogen-bond donors (Lipinski definition) is 0. The third kappa shape index (κ3) is 3.94. The van der Waals surface area contributed by atoms with Gasteiger partial charge in [0.05, 0.1) is 10.5 Å². The zero-order valence-corrected chi connectivity index (χ0v) is 16.9. The van der Waals surface area contributed by atoms with Crippen LogP contribution in [0.5, 0.6) is 0 Å². The van der Waals surface area contributed by atoms with E-state index < -0.39 is 32.7 Å². The Kier molecular flexibility index (Phi) is 5.33. The highest BCUT2D eigenvalue weighted by atomic mass is 35.5. The van der Waals surface area contributed by atoms with Crippen molar-refractivity contribution in [2.24, 2.45) is 0 Å². The van der Waals surface area contributed by atoms with Crippen LogP contribution in [-0.2, 0) is 16.2 Å². The van der Waals surface area contributed by atoms with E-state index in [0.29, 0.717) is 29.5 Å². The molecular formula is C19H15ClF3N3O3S. The van der Waals surface area contributed by atoms with E-state index in [1.165, 1.54) is 0 Å². The van der Waals surface area contributed by atoms with Crippen LogP contribution in [0.2, 0.25) is 5.02 Å². The van der Waals surface area contributed by atoms with Gasteiger partial charge in [0.2, 0.25) is 21.7 Å². The number of alkyl halides is 3. The Balaban J connectivity index is 1.66. The minimum atomic E-state index is -4.64. The number of hydrogen-bond acceptors (Lipinski definition) is 5. The van der Waals surface area contributed by atoms with Crippen molar-refractivity contribution in [3.63, 3.8) is 0 Å². The van der Waals surface area contributed by atoms with Crippen molar-refractivity contribution in [3.05, 3.63) is 65.0 Å². The molecule has 0 radical (unpaired) electrons. The van der Waals surface area contributed by atoms with E-state index >= 15 is 0 Å². The second-order valence-corrected chi connectivity index (χ2v) is 9.09. The standard InChI is InChI=1S/C19H15ClF3N3O3S/c20-14-6-1-4-12(10-14)17-24-18(29-25-17)16-8-3-9-26(16)30(27,28)15-7-2-5-13(11-15)19(21,22)23/h1-2,4-7,10-11,16H,3,8-9H2. The van der Waals surface area contributed by atoms with Crippen LogP contribution in [0.3, 0.4) is 0 Å². The first-order chi connectivity index (χ1) is 14.2. The van der Waals surface area contributed by atoms with Crippen LogP contribution in [0.15, 0.2) is 57.9 Å². The number of sulfonamides is 1. The van der Waals surface area contributed by atoms with Gasteiger partial charge in [0.15, 0.2) is 0 Å². The van der Waals surface area contributed by atoms with E-state index in [4.69, 9.17) is 16.1 Å². The largest absolute Gasteiger partial charge is 0.416 e. The Labute approximate surface area is 175 Å². The van der Waals surface area contributed by atoms with Crippen LogP contribution in [0.25, 0.3) is 11.4 Å². The molecule has 0 aliphatic carbocycles. The number of nitrogens with zero attached hydrogens (tertiary/aromatic N) is 3. The summed E-state index contributed by atoms with van der Waals surface area (Å²) in [5, 5.41) is 4.37. The van der Waals surface area contributed by atoms with E-state index in [1.807, 2.05) is 0 Å². The highest BCUT2D eigenvalue weighted by molar-refractivity contribution is 7.89. The lowest BCUT2D eigenvalue weighted by Crippen LogP contribution is -2.31. The summed E-state index contributed by atoms with van der Waals surface area (Å²) >= 11 is 5.97. The molecule has 30 heavy (non-hydrogen) atoms. The summed E-state index contributed by atoms with van der Waals surface area (Å²) < 4.78 is 71.6. The fourth-order valence-electron chi connectivity index (χ4n) is 3.36. The Morgan fingerprint density at radius 2 is 1.90 bits per heavy atom. The van der Waals surface area contributed by atoms with Crippen molar-refractivity contribution in [3.8, 4) is 11.4 Å². The Morgan fingerprint density at radius 1 is 1.13 bits per heavy atom. The topological polar surface area (TPSA) is 76.3 Å². The summed E-state index contributed by atoms with van der Waals surface area (Å²) in [6.45, 7) is 0.137. The molecule has 0 bridgehead atoms. The molecule has 0 saturated carbocycles. The van der Waals surface area contributed by atoms with Crippen molar-refractivity contribution in [2.75, 3.05) is 6.54 Å². The molecule has 1 aromatic heterocycles. The van der Waals surface area contributed by atoms with Gasteiger partial charge in [-0.15, -0.1) is 0 Å². The number of halogens is 4. The summed E-state index contributed by atoms with van der Waals surface area (Å²) in [6, 6.07) is 9.70. The van der Waals surface area contributed by atoms with Crippen molar-refractivity contribution >= 4 is 21.6 Å². The minimum absolute atomic E-state index is 0.0815. The summed E-state index contributed by atoms with van der Waals surface area (Å²) in [7, 11) is -4.20. The van der Waals surface area contributed by atoms with Crippen LogP contribution in [-0.4, -0.2) is 29.4 Å². The van der Waals surface area contributed by atoms with Gasteiger partial charge in [0.1, 0.15) is 6.04 Å². The normalized spacial score (nSPS) is 18.1. The first kappa shape index (κ1) is 20.8. The lowest BCUT2D eigenvalue weighted by Gasteiger charge is -2.21. The van der Waals surface area contributed by atoms with Gasteiger partial charge in [-0.25, -0.2) is 8.42 Å². The number of rotatable bonds is 4. The highest BCUT2D eigenvalue weighted by Gasteiger charge is 2.40. The maximum Gasteiger partial charge on any atom is 0.416 e. The maximum atomic E-state index is 13.1. The molecule has 6 nitrogen and oxygen atoms in total. The molecule has 2 heterocycles. The Bertz CT molecular complexity index is 1180. The fraction of sp³-hybridized carbons (Fsp3) is 0.263. The lowest BCUT2D eigenvalue weighted by molar-refractivity contribution is -0.137. The number of benzene rings is 2. The maximum absolute atomic E-state index is 13.1. The molecular weight excluding hydrogens is 443 g/mol. The minimum Gasteiger partial charge on any atom is -0.337 e. The highest BCUT2D eigenvalue weighted by Crippen LogP contribution is 2.38.